The predicted octanol–water partition coefficient (Wildman–Crippen LogP) is 3.24. The molecule has 0 amide bonds. The van der Waals surface area contributed by atoms with Crippen molar-refractivity contribution >= 4 is 11.6 Å². The molecule has 19 heavy (non-hydrogen) atoms. The molecular formula is C14H18ClN3O. The Hall–Kier alpha value is -1.39. The first-order valence-electron chi connectivity index (χ1n) is 6.38. The van der Waals surface area contributed by atoms with Crippen molar-refractivity contribution in [1.82, 2.24) is 15.5 Å². The zero-order valence-electron chi connectivity index (χ0n) is 11.4. The first kappa shape index (κ1) is 14.0. The predicted molar refractivity (Wildman–Crippen MR) is 76.3 cm³/mol. The van der Waals surface area contributed by atoms with Crippen LogP contribution >= 0.6 is 11.6 Å². The van der Waals surface area contributed by atoms with Crippen molar-refractivity contribution in [2.45, 2.75) is 33.2 Å². The molecule has 5 heteroatoms. The third kappa shape index (κ3) is 3.78. The van der Waals surface area contributed by atoms with Gasteiger partial charge in [-0.25, -0.2) is 0 Å². The van der Waals surface area contributed by atoms with Crippen LogP contribution in [0.3, 0.4) is 0 Å². The van der Waals surface area contributed by atoms with E-state index < -0.39 is 0 Å². The van der Waals surface area contributed by atoms with Crippen molar-refractivity contribution in [3.8, 4) is 11.5 Å². The summed E-state index contributed by atoms with van der Waals surface area (Å²) in [7, 11) is 0. The molecule has 0 radical (unpaired) electrons. The number of hydrogen-bond acceptors (Lipinski definition) is 4. The summed E-state index contributed by atoms with van der Waals surface area (Å²) in [4.78, 5) is 0. The monoisotopic (exact) mass is 279 g/mol. The van der Waals surface area contributed by atoms with E-state index in [1.807, 2.05) is 25.1 Å². The lowest BCUT2D eigenvalue weighted by Gasteiger charge is -2.04. The van der Waals surface area contributed by atoms with E-state index in [0.29, 0.717) is 17.8 Å². The van der Waals surface area contributed by atoms with Crippen LogP contribution in [-0.2, 0) is 6.42 Å². The fourth-order valence-corrected chi connectivity index (χ4v) is 1.83. The van der Waals surface area contributed by atoms with Crippen LogP contribution in [0.15, 0.2) is 22.6 Å². The molecule has 1 aromatic carbocycles. The van der Waals surface area contributed by atoms with Crippen molar-refractivity contribution in [2.75, 3.05) is 6.54 Å². The van der Waals surface area contributed by atoms with Crippen molar-refractivity contribution < 1.29 is 4.42 Å². The maximum absolute atomic E-state index is 6.00. The Morgan fingerprint density at radius 1 is 1.32 bits per heavy atom. The van der Waals surface area contributed by atoms with Gasteiger partial charge >= 0.3 is 0 Å². The molecule has 0 aliphatic carbocycles. The van der Waals surface area contributed by atoms with Crippen LogP contribution < -0.4 is 5.32 Å². The average Bonchev–Trinajstić information content (AvgIpc) is 2.81. The number of halogens is 1. The Morgan fingerprint density at radius 3 is 2.79 bits per heavy atom. The molecule has 102 valence electrons. The molecule has 0 aliphatic rings. The Morgan fingerprint density at radius 2 is 2.11 bits per heavy atom. The van der Waals surface area contributed by atoms with Gasteiger partial charge in [-0.2, -0.15) is 0 Å². The number of nitrogens with one attached hydrogen (secondary N) is 1. The number of hydrogen-bond donors (Lipinski definition) is 1. The maximum Gasteiger partial charge on any atom is 0.247 e. The van der Waals surface area contributed by atoms with Crippen LogP contribution in [0.4, 0.5) is 0 Å². The molecule has 2 rings (SSSR count). The molecule has 1 aromatic heterocycles. The van der Waals surface area contributed by atoms with Crippen LogP contribution in [0, 0.1) is 6.92 Å². The topological polar surface area (TPSA) is 51.0 Å². The average molecular weight is 280 g/mol. The second-order valence-corrected chi connectivity index (χ2v) is 5.23. The molecule has 0 fully saturated rings. The molecule has 0 saturated carbocycles. The van der Waals surface area contributed by atoms with Crippen LogP contribution in [0.1, 0.15) is 25.3 Å². The van der Waals surface area contributed by atoms with Crippen molar-refractivity contribution in [3.05, 3.63) is 34.7 Å². The smallest absolute Gasteiger partial charge is 0.247 e. The Kier molecular flexibility index (Phi) is 4.56. The maximum atomic E-state index is 6.00. The normalized spacial score (nSPS) is 11.2. The Bertz CT molecular complexity index is 551. The van der Waals surface area contributed by atoms with Gasteiger partial charge in [0.25, 0.3) is 0 Å². The van der Waals surface area contributed by atoms with E-state index in [-0.39, 0.29) is 0 Å². The summed E-state index contributed by atoms with van der Waals surface area (Å²) in [5.41, 5.74) is 1.90. The van der Waals surface area contributed by atoms with Gasteiger partial charge in [0.1, 0.15) is 0 Å². The summed E-state index contributed by atoms with van der Waals surface area (Å²) in [5.74, 6) is 1.19. The lowest BCUT2D eigenvalue weighted by Crippen LogP contribution is -2.25. The fourth-order valence-electron chi connectivity index (χ4n) is 1.72. The van der Waals surface area contributed by atoms with Gasteiger partial charge in [-0.1, -0.05) is 25.4 Å². The van der Waals surface area contributed by atoms with Crippen LogP contribution in [0.5, 0.6) is 0 Å². The van der Waals surface area contributed by atoms with E-state index in [1.54, 1.807) is 0 Å². The largest absolute Gasteiger partial charge is 0.421 e. The quantitative estimate of drug-likeness (QED) is 0.913. The Balaban J connectivity index is 2.05. The van der Waals surface area contributed by atoms with Crippen molar-refractivity contribution in [2.24, 2.45) is 0 Å². The molecule has 0 atom stereocenters. The number of nitrogens with zero attached hydrogens (tertiary/aromatic N) is 2. The van der Waals surface area contributed by atoms with Gasteiger partial charge in [-0.3, -0.25) is 0 Å². The molecule has 0 bridgehead atoms. The minimum Gasteiger partial charge on any atom is -0.421 e. The first-order chi connectivity index (χ1) is 9.06. The summed E-state index contributed by atoms with van der Waals surface area (Å²) in [6, 6.07) is 6.14. The second-order valence-electron chi connectivity index (χ2n) is 4.82. The molecule has 2 aromatic rings. The Labute approximate surface area is 118 Å². The number of rotatable bonds is 5. The molecule has 0 unspecified atom stereocenters. The highest BCUT2D eigenvalue weighted by atomic mass is 35.5. The number of aryl methyl sites for hydroxylation is 1. The minimum absolute atomic E-state index is 0.460. The molecule has 0 saturated heterocycles. The molecule has 1 heterocycles. The van der Waals surface area contributed by atoms with E-state index >= 15 is 0 Å². The summed E-state index contributed by atoms with van der Waals surface area (Å²) >= 11 is 6.00. The van der Waals surface area contributed by atoms with Gasteiger partial charge in [-0.15, -0.1) is 10.2 Å². The van der Waals surface area contributed by atoms with Gasteiger partial charge in [0.2, 0.25) is 11.8 Å². The highest BCUT2D eigenvalue weighted by Crippen LogP contribution is 2.23. The second kappa shape index (κ2) is 6.17. The molecular weight excluding hydrogens is 262 g/mol. The lowest BCUT2D eigenvalue weighted by atomic mass is 10.1. The minimum atomic E-state index is 0.460. The van der Waals surface area contributed by atoms with Crippen molar-refractivity contribution in [1.29, 1.82) is 0 Å². The summed E-state index contributed by atoms with van der Waals surface area (Å²) in [6.45, 7) is 7.00. The third-order valence-electron chi connectivity index (χ3n) is 2.76. The summed E-state index contributed by atoms with van der Waals surface area (Å²) < 4.78 is 5.64. The number of aromatic nitrogens is 2. The van der Waals surface area contributed by atoms with Gasteiger partial charge in [0, 0.05) is 29.6 Å². The zero-order valence-corrected chi connectivity index (χ0v) is 12.2. The van der Waals surface area contributed by atoms with E-state index in [4.69, 9.17) is 16.0 Å². The van der Waals surface area contributed by atoms with E-state index in [9.17, 15) is 0 Å². The van der Waals surface area contributed by atoms with Gasteiger partial charge in [0.15, 0.2) is 0 Å². The van der Waals surface area contributed by atoms with Gasteiger partial charge < -0.3 is 9.73 Å². The molecule has 4 nitrogen and oxygen atoms in total. The van der Waals surface area contributed by atoms with E-state index in [0.717, 1.165) is 29.1 Å². The van der Waals surface area contributed by atoms with Crippen LogP contribution in [0.25, 0.3) is 11.5 Å². The zero-order chi connectivity index (χ0) is 13.8. The highest BCUT2D eigenvalue weighted by molar-refractivity contribution is 6.31. The van der Waals surface area contributed by atoms with Crippen LogP contribution in [-0.4, -0.2) is 22.8 Å². The third-order valence-corrected chi connectivity index (χ3v) is 3.19. The SMILES string of the molecule is Cc1cc(-c2nnc(CCNC(C)C)o2)ccc1Cl. The first-order valence-corrected chi connectivity index (χ1v) is 6.76. The van der Waals surface area contributed by atoms with Crippen molar-refractivity contribution in [3.63, 3.8) is 0 Å². The molecule has 0 spiro atoms. The van der Waals surface area contributed by atoms with Gasteiger partial charge in [0.05, 0.1) is 0 Å². The van der Waals surface area contributed by atoms with Crippen LogP contribution in [0.2, 0.25) is 5.02 Å². The van der Waals surface area contributed by atoms with E-state index in [2.05, 4.69) is 29.4 Å². The fraction of sp³-hybridized carbons (Fsp3) is 0.429. The lowest BCUT2D eigenvalue weighted by molar-refractivity contribution is 0.484. The highest BCUT2D eigenvalue weighted by Gasteiger charge is 2.09. The molecule has 0 aliphatic heterocycles. The standard InChI is InChI=1S/C14H18ClN3O/c1-9(2)16-7-6-13-17-18-14(19-13)11-4-5-12(15)10(3)8-11/h4-5,8-9,16H,6-7H2,1-3H3. The molecule has 1 N–H and O–H groups in total. The summed E-state index contributed by atoms with van der Waals surface area (Å²) in [5, 5.41) is 12.2. The number of benzene rings is 1. The van der Waals surface area contributed by atoms with E-state index in [1.165, 1.54) is 0 Å². The van der Waals surface area contributed by atoms with Gasteiger partial charge in [-0.05, 0) is 30.7 Å². The summed E-state index contributed by atoms with van der Waals surface area (Å²) in [6.07, 6.45) is 0.734.